The van der Waals surface area contributed by atoms with Gasteiger partial charge in [0.1, 0.15) is 17.4 Å². The molecular formula is C22H21FN4O2. The zero-order valence-corrected chi connectivity index (χ0v) is 16.2. The fourth-order valence-electron chi connectivity index (χ4n) is 3.39. The van der Waals surface area contributed by atoms with Gasteiger partial charge in [0.05, 0.1) is 18.4 Å². The van der Waals surface area contributed by atoms with Gasteiger partial charge in [-0.2, -0.15) is 4.98 Å². The van der Waals surface area contributed by atoms with E-state index >= 15 is 0 Å². The van der Waals surface area contributed by atoms with E-state index in [-0.39, 0.29) is 17.5 Å². The number of benzene rings is 2. The molecule has 0 amide bonds. The highest BCUT2D eigenvalue weighted by molar-refractivity contribution is 6.03. The van der Waals surface area contributed by atoms with Gasteiger partial charge >= 0.3 is 0 Å². The average Bonchev–Trinajstić information content (AvgIpc) is 2.69. The molecule has 1 unspecified atom stereocenters. The molecule has 0 aliphatic heterocycles. The number of nitrogens with zero attached hydrogens (tertiary/aromatic N) is 2. The second-order valence-electron chi connectivity index (χ2n) is 7.14. The molecule has 3 aromatic rings. The van der Waals surface area contributed by atoms with Crippen LogP contribution in [0, 0.1) is 11.7 Å². The van der Waals surface area contributed by atoms with Gasteiger partial charge in [-0.1, -0.05) is 6.92 Å². The van der Waals surface area contributed by atoms with Gasteiger partial charge in [-0.25, -0.2) is 9.37 Å². The van der Waals surface area contributed by atoms with E-state index in [1.54, 1.807) is 19.2 Å². The number of nitrogens with one attached hydrogen (secondary N) is 2. The topological polar surface area (TPSA) is 76.1 Å². The molecule has 1 aliphatic rings. The molecule has 4 rings (SSSR count). The van der Waals surface area contributed by atoms with Gasteiger partial charge in [0.15, 0.2) is 5.78 Å². The van der Waals surface area contributed by atoms with E-state index in [1.165, 1.54) is 12.1 Å². The molecule has 7 heteroatoms. The van der Waals surface area contributed by atoms with E-state index in [0.717, 1.165) is 11.4 Å². The Morgan fingerprint density at radius 3 is 2.31 bits per heavy atom. The maximum absolute atomic E-state index is 13.2. The Morgan fingerprint density at radius 2 is 1.62 bits per heavy atom. The predicted molar refractivity (Wildman–Crippen MR) is 110 cm³/mol. The normalized spacial score (nSPS) is 15.6. The third-order valence-electron chi connectivity index (χ3n) is 4.79. The third kappa shape index (κ3) is 4.18. The van der Waals surface area contributed by atoms with Crippen LogP contribution in [-0.4, -0.2) is 22.9 Å². The Bertz CT molecular complexity index is 1040. The largest absolute Gasteiger partial charge is 0.497 e. The molecule has 1 atom stereocenters. The van der Waals surface area contributed by atoms with Crippen molar-refractivity contribution in [3.8, 4) is 5.75 Å². The van der Waals surface area contributed by atoms with Crippen molar-refractivity contribution in [3.63, 3.8) is 0 Å². The number of anilines is 4. The molecule has 0 bridgehead atoms. The van der Waals surface area contributed by atoms with Crippen molar-refractivity contribution < 1.29 is 13.9 Å². The predicted octanol–water partition coefficient (Wildman–Crippen LogP) is 4.88. The summed E-state index contributed by atoms with van der Waals surface area (Å²) in [5, 5.41) is 6.33. The van der Waals surface area contributed by atoms with Crippen LogP contribution < -0.4 is 15.4 Å². The van der Waals surface area contributed by atoms with Gasteiger partial charge in [0, 0.05) is 17.8 Å². The quantitative estimate of drug-likeness (QED) is 0.645. The van der Waals surface area contributed by atoms with E-state index in [9.17, 15) is 9.18 Å². The Balaban J connectivity index is 1.71. The minimum Gasteiger partial charge on any atom is -0.497 e. The van der Waals surface area contributed by atoms with Crippen LogP contribution in [0.15, 0.2) is 48.5 Å². The van der Waals surface area contributed by atoms with Crippen LogP contribution in [0.4, 0.5) is 27.5 Å². The number of rotatable bonds is 5. The van der Waals surface area contributed by atoms with Gasteiger partial charge < -0.3 is 15.4 Å². The Kier molecular flexibility index (Phi) is 5.12. The number of carbonyl (C=O) groups excluding carboxylic acids is 1. The SMILES string of the molecule is COc1ccc(Nc2nc3c(c(Nc4ccc(F)cc4)n2)C(=O)CC(C)C3)cc1. The van der Waals surface area contributed by atoms with Gasteiger partial charge in [-0.3, -0.25) is 4.79 Å². The lowest BCUT2D eigenvalue weighted by atomic mass is 9.87. The average molecular weight is 392 g/mol. The summed E-state index contributed by atoms with van der Waals surface area (Å²) in [6.07, 6.45) is 1.15. The van der Waals surface area contributed by atoms with Crippen molar-refractivity contribution in [1.29, 1.82) is 0 Å². The van der Waals surface area contributed by atoms with Crippen LogP contribution in [0.1, 0.15) is 29.4 Å². The van der Waals surface area contributed by atoms with Gasteiger partial charge in [-0.05, 0) is 60.9 Å². The molecule has 6 nitrogen and oxygen atoms in total. The molecule has 1 heterocycles. The van der Waals surface area contributed by atoms with E-state index in [2.05, 4.69) is 20.6 Å². The van der Waals surface area contributed by atoms with Crippen molar-refractivity contribution in [1.82, 2.24) is 9.97 Å². The lowest BCUT2D eigenvalue weighted by Crippen LogP contribution is -2.22. The maximum Gasteiger partial charge on any atom is 0.229 e. The van der Waals surface area contributed by atoms with E-state index in [0.29, 0.717) is 41.6 Å². The van der Waals surface area contributed by atoms with Crippen molar-refractivity contribution >= 4 is 28.9 Å². The number of fused-ring (bicyclic) bond motifs is 1. The highest BCUT2D eigenvalue weighted by Gasteiger charge is 2.28. The number of halogens is 1. The first-order valence-corrected chi connectivity index (χ1v) is 9.39. The van der Waals surface area contributed by atoms with Crippen molar-refractivity contribution in [2.24, 2.45) is 5.92 Å². The summed E-state index contributed by atoms with van der Waals surface area (Å²) in [6, 6.07) is 13.3. The molecule has 148 valence electrons. The van der Waals surface area contributed by atoms with E-state index in [1.807, 2.05) is 31.2 Å². The summed E-state index contributed by atoms with van der Waals surface area (Å²) in [6.45, 7) is 2.03. The van der Waals surface area contributed by atoms with Crippen molar-refractivity contribution in [3.05, 3.63) is 65.6 Å². The van der Waals surface area contributed by atoms with Gasteiger partial charge in [-0.15, -0.1) is 0 Å². The number of aromatic nitrogens is 2. The van der Waals surface area contributed by atoms with Gasteiger partial charge in [0.25, 0.3) is 0 Å². The number of Topliss-reactive ketones (excluding diaryl/α,β-unsaturated/α-hetero) is 1. The molecule has 0 spiro atoms. The van der Waals surface area contributed by atoms with Gasteiger partial charge in [0.2, 0.25) is 5.95 Å². The van der Waals surface area contributed by atoms with Crippen molar-refractivity contribution in [2.75, 3.05) is 17.7 Å². The first kappa shape index (κ1) is 18.9. The molecule has 2 aromatic carbocycles. The number of ketones is 1. The monoisotopic (exact) mass is 392 g/mol. The fourth-order valence-corrected chi connectivity index (χ4v) is 3.39. The lowest BCUT2D eigenvalue weighted by Gasteiger charge is -2.23. The maximum atomic E-state index is 13.2. The lowest BCUT2D eigenvalue weighted by molar-refractivity contribution is 0.0953. The van der Waals surface area contributed by atoms with Crippen LogP contribution in [0.5, 0.6) is 5.75 Å². The van der Waals surface area contributed by atoms with Crippen LogP contribution in [0.3, 0.4) is 0 Å². The van der Waals surface area contributed by atoms with Crippen molar-refractivity contribution in [2.45, 2.75) is 19.8 Å². The molecule has 0 fully saturated rings. The molecular weight excluding hydrogens is 371 g/mol. The standard InChI is InChI=1S/C22H21FN4O2/c1-13-11-18-20(19(28)12-13)21(24-15-5-3-14(23)4-6-15)27-22(26-18)25-16-7-9-17(29-2)10-8-16/h3-10,13H,11-12H2,1-2H3,(H2,24,25,26,27). The zero-order valence-electron chi connectivity index (χ0n) is 16.2. The highest BCUT2D eigenvalue weighted by Crippen LogP contribution is 2.32. The highest BCUT2D eigenvalue weighted by atomic mass is 19.1. The Hall–Kier alpha value is -3.48. The summed E-state index contributed by atoms with van der Waals surface area (Å²) in [7, 11) is 1.61. The zero-order chi connectivity index (χ0) is 20.4. The second kappa shape index (κ2) is 7.87. The summed E-state index contributed by atoms with van der Waals surface area (Å²) >= 11 is 0. The van der Waals surface area contributed by atoms with Crippen LogP contribution in [0.2, 0.25) is 0 Å². The van der Waals surface area contributed by atoms with E-state index < -0.39 is 0 Å². The number of ether oxygens (including phenoxy) is 1. The number of hydrogen-bond acceptors (Lipinski definition) is 6. The van der Waals surface area contributed by atoms with E-state index in [4.69, 9.17) is 4.74 Å². The summed E-state index contributed by atoms with van der Waals surface area (Å²) < 4.78 is 18.4. The number of hydrogen-bond donors (Lipinski definition) is 2. The molecule has 0 radical (unpaired) electrons. The number of methoxy groups -OCH3 is 1. The Labute approximate surface area is 168 Å². The molecule has 2 N–H and O–H groups in total. The second-order valence-corrected chi connectivity index (χ2v) is 7.14. The smallest absolute Gasteiger partial charge is 0.229 e. The Morgan fingerprint density at radius 1 is 0.966 bits per heavy atom. The third-order valence-corrected chi connectivity index (χ3v) is 4.79. The molecule has 0 saturated carbocycles. The molecule has 0 saturated heterocycles. The number of carbonyl (C=O) groups is 1. The minimum absolute atomic E-state index is 0.0133. The summed E-state index contributed by atoms with van der Waals surface area (Å²) in [5.74, 6) is 1.47. The molecule has 29 heavy (non-hydrogen) atoms. The summed E-state index contributed by atoms with van der Waals surface area (Å²) in [4.78, 5) is 21.8. The molecule has 1 aliphatic carbocycles. The van der Waals surface area contributed by atoms with Crippen LogP contribution >= 0.6 is 0 Å². The fraction of sp³-hybridized carbons (Fsp3) is 0.227. The first-order chi connectivity index (χ1) is 14.0. The van der Waals surface area contributed by atoms with Crippen LogP contribution in [-0.2, 0) is 6.42 Å². The van der Waals surface area contributed by atoms with Crippen LogP contribution in [0.25, 0.3) is 0 Å². The summed E-state index contributed by atoms with van der Waals surface area (Å²) in [5.41, 5.74) is 2.67. The minimum atomic E-state index is -0.327. The molecule has 1 aromatic heterocycles. The first-order valence-electron chi connectivity index (χ1n) is 9.39.